The summed E-state index contributed by atoms with van der Waals surface area (Å²) in [7, 11) is -5.90. The summed E-state index contributed by atoms with van der Waals surface area (Å²) in [6.45, 7) is 1.33. The second-order valence-corrected chi connectivity index (χ2v) is 6.98. The van der Waals surface area contributed by atoms with Gasteiger partial charge in [0.25, 0.3) is 0 Å². The van der Waals surface area contributed by atoms with Crippen molar-refractivity contribution in [2.45, 2.75) is 43.5 Å². The van der Waals surface area contributed by atoms with Crippen LogP contribution in [-0.2, 0) is 24.4 Å². The summed E-state index contributed by atoms with van der Waals surface area (Å²) in [5, 5.41) is -5.04. The number of Topliss-reactive ketones (excluding diaryl/α,β-unsaturated/α-hetero) is 1. The average Bonchev–Trinajstić information content (AvgIpc) is 2.30. The zero-order chi connectivity index (χ0) is 16.1. The summed E-state index contributed by atoms with van der Waals surface area (Å²) < 4.78 is 60.5. The maximum atomic E-state index is 13.2. The van der Waals surface area contributed by atoms with E-state index in [1.54, 1.807) is 0 Å². The first-order valence-electron chi connectivity index (χ1n) is 6.30. The van der Waals surface area contributed by atoms with E-state index in [0.29, 0.717) is 18.4 Å². The van der Waals surface area contributed by atoms with Crippen molar-refractivity contribution in [2.24, 2.45) is 5.92 Å². The van der Waals surface area contributed by atoms with E-state index in [-0.39, 0.29) is 12.2 Å². The topological polar surface area (TPSA) is 97.7 Å². The molecule has 0 heterocycles. The molecular formula is C12H14F2O6S. The highest BCUT2D eigenvalue weighted by Crippen LogP contribution is 2.40. The molecular weight excluding hydrogens is 310 g/mol. The molecule has 0 aromatic carbocycles. The van der Waals surface area contributed by atoms with Gasteiger partial charge in [0.2, 0.25) is 0 Å². The van der Waals surface area contributed by atoms with Crippen LogP contribution < -0.4 is 0 Å². The minimum absolute atomic E-state index is 0.0165. The fourth-order valence-electron chi connectivity index (χ4n) is 2.76. The highest BCUT2D eigenvalue weighted by Gasteiger charge is 2.56. The molecule has 2 rings (SSSR count). The monoisotopic (exact) mass is 324 g/mol. The standard InChI is InChI=1S/C12H14F2O6S/c1-11(20-10(16)12(13,14)21(17,18)19)5-7-3-2-4-8(6-11)9(7)15/h5,8H,2-4,6H2,1H3,(H,17,18,19). The molecule has 1 N–H and O–H groups in total. The van der Waals surface area contributed by atoms with Gasteiger partial charge in [0.15, 0.2) is 5.78 Å². The van der Waals surface area contributed by atoms with Crippen LogP contribution in [-0.4, -0.2) is 35.6 Å². The van der Waals surface area contributed by atoms with Crippen LogP contribution in [0.5, 0.6) is 0 Å². The van der Waals surface area contributed by atoms with E-state index in [4.69, 9.17) is 4.55 Å². The molecule has 21 heavy (non-hydrogen) atoms. The van der Waals surface area contributed by atoms with Crippen LogP contribution in [0, 0.1) is 5.92 Å². The van der Waals surface area contributed by atoms with Crippen LogP contribution in [0.4, 0.5) is 8.78 Å². The molecule has 0 aliphatic heterocycles. The number of esters is 1. The number of fused-ring (bicyclic) bond motifs is 2. The Balaban J connectivity index is 2.26. The Morgan fingerprint density at radius 1 is 1.52 bits per heavy atom. The summed E-state index contributed by atoms with van der Waals surface area (Å²) in [6.07, 6.45) is 3.13. The fourth-order valence-corrected chi connectivity index (χ4v) is 3.01. The van der Waals surface area contributed by atoms with E-state index in [0.717, 1.165) is 6.42 Å². The first kappa shape index (κ1) is 16.0. The lowest BCUT2D eigenvalue weighted by Gasteiger charge is -2.38. The van der Waals surface area contributed by atoms with Gasteiger partial charge in [0.1, 0.15) is 5.60 Å². The van der Waals surface area contributed by atoms with Gasteiger partial charge in [-0.15, -0.1) is 0 Å². The first-order chi connectivity index (χ1) is 9.46. The Kier molecular flexibility index (Phi) is 3.69. The number of allylic oxidation sites excluding steroid dienone is 1. The van der Waals surface area contributed by atoms with E-state index in [2.05, 4.69) is 4.74 Å². The minimum Gasteiger partial charge on any atom is -0.450 e. The van der Waals surface area contributed by atoms with Crippen LogP contribution in [0.15, 0.2) is 11.6 Å². The number of halogens is 2. The van der Waals surface area contributed by atoms with Gasteiger partial charge in [-0.25, -0.2) is 4.79 Å². The number of hydrogen-bond donors (Lipinski definition) is 1. The van der Waals surface area contributed by atoms with Crippen LogP contribution >= 0.6 is 0 Å². The molecule has 0 radical (unpaired) electrons. The van der Waals surface area contributed by atoms with Crippen molar-refractivity contribution >= 4 is 21.9 Å². The predicted molar refractivity (Wildman–Crippen MR) is 66.0 cm³/mol. The lowest BCUT2D eigenvalue weighted by atomic mass is 9.72. The van der Waals surface area contributed by atoms with Crippen molar-refractivity contribution in [2.75, 3.05) is 0 Å². The molecule has 0 spiro atoms. The third kappa shape index (κ3) is 2.84. The molecule has 0 amide bonds. The Bertz CT molecular complexity index is 624. The van der Waals surface area contributed by atoms with E-state index in [9.17, 15) is 26.8 Å². The van der Waals surface area contributed by atoms with E-state index >= 15 is 0 Å². The lowest BCUT2D eigenvalue weighted by molar-refractivity contribution is -0.174. The summed E-state index contributed by atoms with van der Waals surface area (Å²) in [4.78, 5) is 23.2. The van der Waals surface area contributed by atoms with Gasteiger partial charge in [-0.2, -0.15) is 17.2 Å². The van der Waals surface area contributed by atoms with Crippen molar-refractivity contribution in [3.8, 4) is 0 Å². The average molecular weight is 324 g/mol. The molecule has 2 unspecified atom stereocenters. The summed E-state index contributed by atoms with van der Waals surface area (Å²) in [5.41, 5.74) is -1.08. The maximum absolute atomic E-state index is 13.2. The van der Waals surface area contributed by atoms with Crippen LogP contribution in [0.1, 0.15) is 32.6 Å². The Morgan fingerprint density at radius 2 is 2.14 bits per heavy atom. The Morgan fingerprint density at radius 3 is 2.67 bits per heavy atom. The molecule has 0 aromatic rings. The number of rotatable bonds is 3. The third-order valence-electron chi connectivity index (χ3n) is 3.70. The van der Waals surface area contributed by atoms with Gasteiger partial charge >= 0.3 is 21.3 Å². The molecule has 2 aliphatic carbocycles. The number of ketones is 1. The van der Waals surface area contributed by atoms with E-state index in [1.165, 1.54) is 13.0 Å². The number of carbonyl (C=O) groups excluding carboxylic acids is 2. The quantitative estimate of drug-likeness (QED) is 0.623. The molecule has 2 aliphatic rings. The second-order valence-electron chi connectivity index (χ2n) is 5.52. The van der Waals surface area contributed by atoms with Crippen LogP contribution in [0.3, 0.4) is 0 Å². The molecule has 9 heteroatoms. The van der Waals surface area contributed by atoms with Crippen molar-refractivity contribution in [1.29, 1.82) is 0 Å². The number of ether oxygens (including phenoxy) is 1. The summed E-state index contributed by atoms with van der Waals surface area (Å²) >= 11 is 0. The molecule has 2 bridgehead atoms. The van der Waals surface area contributed by atoms with Crippen LogP contribution in [0.25, 0.3) is 0 Å². The van der Waals surface area contributed by atoms with Crippen molar-refractivity contribution in [1.82, 2.24) is 0 Å². The highest BCUT2D eigenvalue weighted by atomic mass is 32.2. The maximum Gasteiger partial charge on any atom is 0.465 e. The smallest absolute Gasteiger partial charge is 0.450 e. The molecule has 1 fully saturated rings. The largest absolute Gasteiger partial charge is 0.465 e. The second kappa shape index (κ2) is 4.84. The van der Waals surface area contributed by atoms with E-state index in [1.807, 2.05) is 0 Å². The number of carbonyl (C=O) groups is 2. The zero-order valence-electron chi connectivity index (χ0n) is 11.1. The molecule has 6 nitrogen and oxygen atoms in total. The third-order valence-corrected chi connectivity index (χ3v) is 4.52. The van der Waals surface area contributed by atoms with Crippen molar-refractivity contribution < 1.29 is 36.1 Å². The zero-order valence-corrected chi connectivity index (χ0v) is 12.0. The summed E-state index contributed by atoms with van der Waals surface area (Å²) in [5.74, 6) is -2.86. The first-order valence-corrected chi connectivity index (χ1v) is 7.74. The van der Waals surface area contributed by atoms with Crippen molar-refractivity contribution in [3.63, 3.8) is 0 Å². The van der Waals surface area contributed by atoms with Gasteiger partial charge in [0.05, 0.1) is 0 Å². The highest BCUT2D eigenvalue weighted by molar-refractivity contribution is 7.87. The van der Waals surface area contributed by atoms with Gasteiger partial charge in [-0.05, 0) is 37.8 Å². The molecule has 2 atom stereocenters. The number of alkyl halides is 2. The Hall–Kier alpha value is -1.35. The molecule has 0 saturated heterocycles. The SMILES string of the molecule is CC1(OC(=O)C(F)(F)S(=O)(=O)O)C=C2CCCC(C1)C2=O. The molecule has 1 saturated carbocycles. The lowest BCUT2D eigenvalue weighted by Crippen LogP contribution is -2.47. The van der Waals surface area contributed by atoms with Crippen molar-refractivity contribution in [3.05, 3.63) is 11.6 Å². The normalized spacial score (nSPS) is 29.8. The van der Waals surface area contributed by atoms with Gasteiger partial charge in [-0.3, -0.25) is 9.35 Å². The fraction of sp³-hybridized carbons (Fsp3) is 0.667. The van der Waals surface area contributed by atoms with Gasteiger partial charge < -0.3 is 4.74 Å². The Labute approximate surface area is 119 Å². The van der Waals surface area contributed by atoms with Gasteiger partial charge in [0, 0.05) is 12.3 Å². The molecule has 0 aromatic heterocycles. The van der Waals surface area contributed by atoms with Crippen LogP contribution in [0.2, 0.25) is 0 Å². The molecule has 118 valence electrons. The minimum atomic E-state index is -5.90. The summed E-state index contributed by atoms with van der Waals surface area (Å²) in [6, 6.07) is 0. The van der Waals surface area contributed by atoms with Gasteiger partial charge in [-0.1, -0.05) is 0 Å². The van der Waals surface area contributed by atoms with E-state index < -0.39 is 32.9 Å². The predicted octanol–water partition coefficient (Wildman–Crippen LogP) is 1.47. The number of hydrogen-bond acceptors (Lipinski definition) is 5.